The van der Waals surface area contributed by atoms with E-state index in [1.165, 1.54) is 17.0 Å². The number of rotatable bonds is 10. The Hall–Kier alpha value is -2.34. The molecule has 0 fully saturated rings. The number of nitrogens with one attached hydrogen (secondary N) is 1. The molecule has 1 atom stereocenters. The molecule has 2 amide bonds. The van der Waals surface area contributed by atoms with E-state index in [4.69, 9.17) is 23.2 Å². The van der Waals surface area contributed by atoms with Crippen molar-refractivity contribution in [2.24, 2.45) is 0 Å². The van der Waals surface area contributed by atoms with Crippen LogP contribution in [0.25, 0.3) is 0 Å². The maximum Gasteiger partial charge on any atom is 0.264 e. The minimum atomic E-state index is -4.14. The maximum atomic E-state index is 14.1. The minimum absolute atomic E-state index is 0.0413. The van der Waals surface area contributed by atoms with Gasteiger partial charge >= 0.3 is 0 Å². The topological polar surface area (TPSA) is 86.8 Å². The molecule has 0 bridgehead atoms. The fourth-order valence-corrected chi connectivity index (χ4v) is 6.39. The van der Waals surface area contributed by atoms with Crippen molar-refractivity contribution in [2.45, 2.75) is 57.1 Å². The van der Waals surface area contributed by atoms with E-state index in [1.54, 1.807) is 67.6 Å². The Morgan fingerprint density at radius 2 is 1.50 bits per heavy atom. The molecular weight excluding hydrogens is 684 g/mol. The van der Waals surface area contributed by atoms with E-state index in [2.05, 4.69) is 27.9 Å². The zero-order valence-electron chi connectivity index (χ0n) is 22.7. The summed E-state index contributed by atoms with van der Waals surface area (Å²) in [4.78, 5) is 28.9. The molecule has 11 heteroatoms. The third-order valence-electron chi connectivity index (χ3n) is 6.00. The first-order chi connectivity index (χ1) is 18.7. The molecule has 0 aromatic heterocycles. The van der Waals surface area contributed by atoms with Gasteiger partial charge in [-0.15, -0.1) is 0 Å². The summed E-state index contributed by atoms with van der Waals surface area (Å²) in [5.74, 6) is -0.941. The van der Waals surface area contributed by atoms with Crippen molar-refractivity contribution < 1.29 is 18.0 Å². The second kappa shape index (κ2) is 13.5. The largest absolute Gasteiger partial charge is 0.350 e. The van der Waals surface area contributed by atoms with Gasteiger partial charge in [0.2, 0.25) is 11.8 Å². The molecule has 0 aliphatic rings. The van der Waals surface area contributed by atoms with Crippen LogP contribution in [-0.4, -0.2) is 43.3 Å². The van der Waals surface area contributed by atoms with Crippen LogP contribution in [0.5, 0.6) is 0 Å². The SMILES string of the molecule is CC[C@H](C(=O)NC(C)(C)C)N(Cc1c(Cl)cccc1Cl)C(=O)CN(c1ccc(I)cc1)S(=O)(=O)c1ccccc1. The molecular formula is C29H32Cl2IN3O4S. The third kappa shape index (κ3) is 8.11. The summed E-state index contributed by atoms with van der Waals surface area (Å²) in [6.45, 7) is 6.70. The smallest absolute Gasteiger partial charge is 0.264 e. The summed E-state index contributed by atoms with van der Waals surface area (Å²) in [7, 11) is -4.14. The van der Waals surface area contributed by atoms with Crippen molar-refractivity contribution in [1.29, 1.82) is 0 Å². The number of halogens is 3. The number of amides is 2. The summed E-state index contributed by atoms with van der Waals surface area (Å²) in [6.07, 6.45) is 0.282. The molecule has 0 aliphatic heterocycles. The number of benzene rings is 3. The van der Waals surface area contributed by atoms with Crippen LogP contribution in [0, 0.1) is 3.57 Å². The lowest BCUT2D eigenvalue weighted by Gasteiger charge is -2.35. The van der Waals surface area contributed by atoms with Gasteiger partial charge in [0, 0.05) is 31.3 Å². The molecule has 0 saturated carbocycles. The zero-order valence-corrected chi connectivity index (χ0v) is 27.2. The summed E-state index contributed by atoms with van der Waals surface area (Å²) in [6, 6.07) is 18.8. The van der Waals surface area contributed by atoms with E-state index >= 15 is 0 Å². The van der Waals surface area contributed by atoms with Crippen molar-refractivity contribution in [3.63, 3.8) is 0 Å². The van der Waals surface area contributed by atoms with E-state index < -0.39 is 34.1 Å². The third-order valence-corrected chi connectivity index (χ3v) is 9.21. The van der Waals surface area contributed by atoms with Gasteiger partial charge in [0.1, 0.15) is 12.6 Å². The summed E-state index contributed by atoms with van der Waals surface area (Å²) >= 11 is 15.0. The fraction of sp³-hybridized carbons (Fsp3) is 0.310. The molecule has 40 heavy (non-hydrogen) atoms. The minimum Gasteiger partial charge on any atom is -0.350 e. The molecule has 0 radical (unpaired) electrons. The molecule has 3 aromatic rings. The first-order valence-electron chi connectivity index (χ1n) is 12.6. The van der Waals surface area contributed by atoms with E-state index in [1.807, 2.05) is 20.8 Å². The summed E-state index contributed by atoms with van der Waals surface area (Å²) in [5.41, 5.74) is 0.235. The highest BCUT2D eigenvalue weighted by atomic mass is 127. The van der Waals surface area contributed by atoms with Gasteiger partial charge in [-0.3, -0.25) is 13.9 Å². The highest BCUT2D eigenvalue weighted by Crippen LogP contribution is 2.29. The van der Waals surface area contributed by atoms with Crippen LogP contribution in [0.2, 0.25) is 10.0 Å². The number of carbonyl (C=O) groups excluding carboxylic acids is 2. The maximum absolute atomic E-state index is 14.1. The highest BCUT2D eigenvalue weighted by Gasteiger charge is 2.35. The number of sulfonamides is 1. The molecule has 1 N–H and O–H groups in total. The van der Waals surface area contributed by atoms with Crippen molar-refractivity contribution in [3.8, 4) is 0 Å². The second-order valence-electron chi connectivity index (χ2n) is 10.2. The molecule has 0 unspecified atom stereocenters. The lowest BCUT2D eigenvalue weighted by Crippen LogP contribution is -2.55. The van der Waals surface area contributed by atoms with Gasteiger partial charge in [0.15, 0.2) is 0 Å². The van der Waals surface area contributed by atoms with Gasteiger partial charge in [-0.25, -0.2) is 8.42 Å². The molecule has 3 aromatic carbocycles. The Bertz CT molecular complexity index is 1430. The average molecular weight is 716 g/mol. The Balaban J connectivity index is 2.10. The average Bonchev–Trinajstić information content (AvgIpc) is 2.88. The first-order valence-corrected chi connectivity index (χ1v) is 15.9. The highest BCUT2D eigenvalue weighted by molar-refractivity contribution is 14.1. The molecule has 0 saturated heterocycles. The van der Waals surface area contributed by atoms with Crippen molar-refractivity contribution in [2.75, 3.05) is 10.8 Å². The Kier molecular flexibility index (Phi) is 10.9. The molecule has 3 rings (SSSR count). The van der Waals surface area contributed by atoms with Gasteiger partial charge < -0.3 is 10.2 Å². The van der Waals surface area contributed by atoms with Gasteiger partial charge in [-0.1, -0.05) is 54.4 Å². The van der Waals surface area contributed by atoms with Crippen LogP contribution < -0.4 is 9.62 Å². The monoisotopic (exact) mass is 715 g/mol. The van der Waals surface area contributed by atoms with Crippen LogP contribution >= 0.6 is 45.8 Å². The first kappa shape index (κ1) is 32.2. The van der Waals surface area contributed by atoms with Gasteiger partial charge in [-0.05, 0) is 98.3 Å². The Labute approximate surface area is 260 Å². The van der Waals surface area contributed by atoms with Crippen molar-refractivity contribution in [3.05, 3.63) is 92.0 Å². The quantitative estimate of drug-likeness (QED) is 0.243. The fourth-order valence-electron chi connectivity index (χ4n) is 4.08. The van der Waals surface area contributed by atoms with Crippen LogP contribution in [0.4, 0.5) is 5.69 Å². The number of hydrogen-bond donors (Lipinski definition) is 1. The standard InChI is InChI=1S/C29H32Cl2IN3O4S/c1-5-26(28(37)33-29(2,3)4)34(18-23-24(30)12-9-13-25(23)31)27(36)19-35(21-16-14-20(32)15-17-21)40(38,39)22-10-7-6-8-11-22/h6-17,26H,5,18-19H2,1-4H3,(H,33,37)/t26-/m1/s1. The van der Waals surface area contributed by atoms with E-state index in [9.17, 15) is 18.0 Å². The molecule has 0 spiro atoms. The predicted molar refractivity (Wildman–Crippen MR) is 169 cm³/mol. The van der Waals surface area contributed by atoms with Crippen molar-refractivity contribution in [1.82, 2.24) is 10.2 Å². The Morgan fingerprint density at radius 3 is 2.02 bits per heavy atom. The predicted octanol–water partition coefficient (Wildman–Crippen LogP) is 6.52. The molecule has 0 aliphatic carbocycles. The Morgan fingerprint density at radius 1 is 0.925 bits per heavy atom. The van der Waals surface area contributed by atoms with Crippen LogP contribution in [0.1, 0.15) is 39.7 Å². The lowest BCUT2D eigenvalue weighted by atomic mass is 10.1. The normalized spacial score (nSPS) is 12.5. The number of nitrogens with zero attached hydrogens (tertiary/aromatic N) is 2. The molecule has 7 nitrogen and oxygen atoms in total. The van der Waals surface area contributed by atoms with Crippen LogP contribution in [0.15, 0.2) is 77.7 Å². The number of carbonyl (C=O) groups is 2. The molecule has 214 valence electrons. The van der Waals surface area contributed by atoms with E-state index in [0.29, 0.717) is 21.3 Å². The summed E-state index contributed by atoms with van der Waals surface area (Å²) < 4.78 is 29.6. The molecule has 0 heterocycles. The van der Waals surface area contributed by atoms with Crippen LogP contribution in [-0.2, 0) is 26.2 Å². The van der Waals surface area contributed by atoms with Crippen molar-refractivity contribution >= 4 is 73.3 Å². The zero-order chi connectivity index (χ0) is 29.7. The van der Waals surface area contributed by atoms with Gasteiger partial charge in [-0.2, -0.15) is 0 Å². The van der Waals surface area contributed by atoms with E-state index in [0.717, 1.165) is 7.88 Å². The number of anilines is 1. The second-order valence-corrected chi connectivity index (χ2v) is 14.1. The van der Waals surface area contributed by atoms with Crippen LogP contribution in [0.3, 0.4) is 0 Å². The van der Waals surface area contributed by atoms with E-state index in [-0.39, 0.29) is 23.8 Å². The lowest BCUT2D eigenvalue weighted by molar-refractivity contribution is -0.141. The van der Waals surface area contributed by atoms with Gasteiger partial charge in [0.05, 0.1) is 10.6 Å². The number of hydrogen-bond acceptors (Lipinski definition) is 4. The van der Waals surface area contributed by atoms with Gasteiger partial charge in [0.25, 0.3) is 10.0 Å². The summed E-state index contributed by atoms with van der Waals surface area (Å²) in [5, 5.41) is 3.61.